The molecule has 0 radical (unpaired) electrons. The largest absolute Gasteiger partial charge is 0.362 e. The normalized spacial score (nSPS) is 13.1. The third-order valence-corrected chi connectivity index (χ3v) is 4.50. The van der Waals surface area contributed by atoms with E-state index in [1.165, 1.54) is 24.5 Å². The van der Waals surface area contributed by atoms with Gasteiger partial charge in [0.1, 0.15) is 18.0 Å². The van der Waals surface area contributed by atoms with E-state index in [0.29, 0.717) is 19.5 Å². The Labute approximate surface area is 157 Å². The van der Waals surface area contributed by atoms with Gasteiger partial charge in [-0.05, 0) is 18.6 Å². The Balaban J connectivity index is 1.55. The van der Waals surface area contributed by atoms with Gasteiger partial charge < -0.3 is 15.1 Å². The topological polar surface area (TPSA) is 78.4 Å². The lowest BCUT2D eigenvalue weighted by molar-refractivity contribution is -0.132. The lowest BCUT2D eigenvalue weighted by Crippen LogP contribution is -2.39. The quantitative estimate of drug-likeness (QED) is 0.859. The van der Waals surface area contributed by atoms with Crippen molar-refractivity contribution in [1.82, 2.24) is 20.2 Å². The summed E-state index contributed by atoms with van der Waals surface area (Å²) in [6.07, 6.45) is 2.36. The molecule has 0 fully saturated rings. The molecule has 0 saturated heterocycles. The SMILES string of the molecule is CN(C)c1ncnc2c1CCN(C(=O)CCNC(=O)c1ccccc1F)C2. The predicted octanol–water partition coefficient (Wildman–Crippen LogP) is 1.39. The monoisotopic (exact) mass is 371 g/mol. The Morgan fingerprint density at radius 1 is 1.26 bits per heavy atom. The van der Waals surface area contributed by atoms with Crippen LogP contribution in [0.25, 0.3) is 0 Å². The molecule has 0 aliphatic carbocycles. The van der Waals surface area contributed by atoms with E-state index in [-0.39, 0.29) is 24.4 Å². The van der Waals surface area contributed by atoms with E-state index in [0.717, 1.165) is 17.1 Å². The van der Waals surface area contributed by atoms with Gasteiger partial charge in [0, 0.05) is 39.2 Å². The summed E-state index contributed by atoms with van der Waals surface area (Å²) in [5.41, 5.74) is 1.90. The minimum absolute atomic E-state index is 0.0234. The Kier molecular flexibility index (Phi) is 5.63. The first-order valence-corrected chi connectivity index (χ1v) is 8.78. The summed E-state index contributed by atoms with van der Waals surface area (Å²) in [6.45, 7) is 1.17. The zero-order valence-electron chi connectivity index (χ0n) is 15.4. The van der Waals surface area contributed by atoms with Gasteiger partial charge in [0.2, 0.25) is 5.91 Å². The molecule has 1 aliphatic rings. The van der Waals surface area contributed by atoms with Crippen molar-refractivity contribution >= 4 is 17.6 Å². The summed E-state index contributed by atoms with van der Waals surface area (Å²) < 4.78 is 13.6. The summed E-state index contributed by atoms with van der Waals surface area (Å²) in [4.78, 5) is 36.7. The molecule has 8 heteroatoms. The highest BCUT2D eigenvalue weighted by atomic mass is 19.1. The molecule has 2 heterocycles. The fourth-order valence-electron chi connectivity index (χ4n) is 3.12. The lowest BCUT2D eigenvalue weighted by Gasteiger charge is -2.30. The van der Waals surface area contributed by atoms with E-state index in [9.17, 15) is 14.0 Å². The van der Waals surface area contributed by atoms with Gasteiger partial charge in [-0.25, -0.2) is 14.4 Å². The zero-order chi connectivity index (χ0) is 19.4. The highest BCUT2D eigenvalue weighted by molar-refractivity contribution is 5.94. The minimum atomic E-state index is -0.578. The lowest BCUT2D eigenvalue weighted by atomic mass is 10.0. The number of carbonyl (C=O) groups is 2. The number of benzene rings is 1. The number of halogens is 1. The second-order valence-corrected chi connectivity index (χ2v) is 6.57. The van der Waals surface area contributed by atoms with E-state index in [4.69, 9.17) is 0 Å². The van der Waals surface area contributed by atoms with Gasteiger partial charge in [-0.15, -0.1) is 0 Å². The number of rotatable bonds is 5. The number of anilines is 1. The molecule has 0 saturated carbocycles. The van der Waals surface area contributed by atoms with Crippen LogP contribution in [0.3, 0.4) is 0 Å². The molecule has 2 amide bonds. The summed E-state index contributed by atoms with van der Waals surface area (Å²) in [5.74, 6) is -0.289. The van der Waals surface area contributed by atoms with E-state index >= 15 is 0 Å². The van der Waals surface area contributed by atoms with Crippen LogP contribution in [0.15, 0.2) is 30.6 Å². The number of aromatic nitrogens is 2. The third kappa shape index (κ3) is 4.21. The maximum Gasteiger partial charge on any atom is 0.254 e. The maximum absolute atomic E-state index is 13.6. The first-order chi connectivity index (χ1) is 13.0. The number of nitrogens with one attached hydrogen (secondary N) is 1. The van der Waals surface area contributed by atoms with Gasteiger partial charge in [0.25, 0.3) is 5.91 Å². The maximum atomic E-state index is 13.6. The molecule has 1 aromatic carbocycles. The second-order valence-electron chi connectivity index (χ2n) is 6.57. The van der Waals surface area contributed by atoms with E-state index in [1.807, 2.05) is 19.0 Å². The van der Waals surface area contributed by atoms with Crippen LogP contribution < -0.4 is 10.2 Å². The summed E-state index contributed by atoms with van der Waals surface area (Å²) in [7, 11) is 3.86. The molecular weight excluding hydrogens is 349 g/mol. The Morgan fingerprint density at radius 2 is 2.04 bits per heavy atom. The molecule has 0 bridgehead atoms. The molecule has 0 atom stereocenters. The summed E-state index contributed by atoms with van der Waals surface area (Å²) >= 11 is 0. The second kappa shape index (κ2) is 8.11. The predicted molar refractivity (Wildman–Crippen MR) is 98.8 cm³/mol. The van der Waals surface area contributed by atoms with Crippen molar-refractivity contribution in [2.45, 2.75) is 19.4 Å². The van der Waals surface area contributed by atoms with Gasteiger partial charge in [0.15, 0.2) is 0 Å². The first-order valence-electron chi connectivity index (χ1n) is 8.78. The van der Waals surface area contributed by atoms with E-state index in [2.05, 4.69) is 15.3 Å². The number of fused-ring (bicyclic) bond motifs is 1. The molecule has 1 aromatic heterocycles. The molecule has 142 valence electrons. The van der Waals surface area contributed by atoms with Crippen LogP contribution in [-0.4, -0.2) is 53.9 Å². The molecule has 27 heavy (non-hydrogen) atoms. The number of carbonyl (C=O) groups excluding carboxylic acids is 2. The van der Waals surface area contributed by atoms with Crippen molar-refractivity contribution in [3.63, 3.8) is 0 Å². The van der Waals surface area contributed by atoms with Crippen LogP contribution in [0.5, 0.6) is 0 Å². The first kappa shape index (κ1) is 18.8. The van der Waals surface area contributed by atoms with Crippen molar-refractivity contribution < 1.29 is 14.0 Å². The molecule has 1 aliphatic heterocycles. The molecule has 2 aromatic rings. The van der Waals surface area contributed by atoms with Gasteiger partial charge in [-0.3, -0.25) is 9.59 Å². The van der Waals surface area contributed by atoms with Crippen molar-refractivity contribution in [3.8, 4) is 0 Å². The average Bonchev–Trinajstić information content (AvgIpc) is 2.67. The van der Waals surface area contributed by atoms with Crippen LogP contribution in [0.1, 0.15) is 28.0 Å². The fraction of sp³-hybridized carbons (Fsp3) is 0.368. The van der Waals surface area contributed by atoms with Crippen LogP contribution in [-0.2, 0) is 17.8 Å². The van der Waals surface area contributed by atoms with Gasteiger partial charge in [-0.2, -0.15) is 0 Å². The fourth-order valence-corrected chi connectivity index (χ4v) is 3.12. The standard InChI is InChI=1S/C19H22FN5O2/c1-24(2)18-14-8-10-25(11-16(14)22-12-23-18)17(26)7-9-21-19(27)13-5-3-4-6-15(13)20/h3-6,12H,7-11H2,1-2H3,(H,21,27). The summed E-state index contributed by atoms with van der Waals surface area (Å²) in [5, 5.41) is 2.59. The minimum Gasteiger partial charge on any atom is -0.362 e. The van der Waals surface area contributed by atoms with Crippen LogP contribution in [0.4, 0.5) is 10.2 Å². The average molecular weight is 371 g/mol. The van der Waals surface area contributed by atoms with Gasteiger partial charge in [0.05, 0.1) is 17.8 Å². The molecular formula is C19H22FN5O2. The summed E-state index contributed by atoms with van der Waals surface area (Å²) in [6, 6.07) is 5.76. The number of hydrogen-bond acceptors (Lipinski definition) is 5. The number of hydrogen-bond donors (Lipinski definition) is 1. The van der Waals surface area contributed by atoms with Crippen LogP contribution in [0.2, 0.25) is 0 Å². The third-order valence-electron chi connectivity index (χ3n) is 4.50. The molecule has 7 nitrogen and oxygen atoms in total. The number of nitrogens with zero attached hydrogens (tertiary/aromatic N) is 4. The molecule has 3 rings (SSSR count). The van der Waals surface area contributed by atoms with Crippen molar-refractivity contribution in [2.75, 3.05) is 32.1 Å². The Morgan fingerprint density at radius 3 is 2.78 bits per heavy atom. The van der Waals surface area contributed by atoms with Gasteiger partial charge in [-0.1, -0.05) is 12.1 Å². The smallest absolute Gasteiger partial charge is 0.254 e. The molecule has 0 unspecified atom stereocenters. The van der Waals surface area contributed by atoms with Crippen LogP contribution >= 0.6 is 0 Å². The van der Waals surface area contributed by atoms with Crippen molar-refractivity contribution in [1.29, 1.82) is 0 Å². The zero-order valence-corrected chi connectivity index (χ0v) is 15.4. The van der Waals surface area contributed by atoms with Crippen molar-refractivity contribution in [2.24, 2.45) is 0 Å². The van der Waals surface area contributed by atoms with Crippen molar-refractivity contribution in [3.05, 3.63) is 53.2 Å². The molecule has 0 spiro atoms. The van der Waals surface area contributed by atoms with E-state index in [1.54, 1.807) is 11.0 Å². The highest BCUT2D eigenvalue weighted by Crippen LogP contribution is 2.24. The van der Waals surface area contributed by atoms with E-state index < -0.39 is 11.7 Å². The van der Waals surface area contributed by atoms with Gasteiger partial charge >= 0.3 is 0 Å². The highest BCUT2D eigenvalue weighted by Gasteiger charge is 2.24. The Hall–Kier alpha value is -3.03. The number of amides is 2. The van der Waals surface area contributed by atoms with Crippen LogP contribution in [0, 0.1) is 5.82 Å². The molecule has 1 N–H and O–H groups in total. The Bertz CT molecular complexity index is 856.